The Morgan fingerprint density at radius 2 is 2.44 bits per heavy atom. The topological polar surface area (TPSA) is 53.1 Å². The molecule has 0 aromatic carbocycles. The van der Waals surface area contributed by atoms with Crippen molar-refractivity contribution in [3.8, 4) is 0 Å². The minimum absolute atomic E-state index is 0.101. The number of hydrogen-bond acceptors (Lipinski definition) is 3. The molecule has 18 heavy (non-hydrogen) atoms. The Balaban J connectivity index is 1.79. The lowest BCUT2D eigenvalue weighted by atomic mass is 10.0. The highest BCUT2D eigenvalue weighted by molar-refractivity contribution is 5.13. The van der Waals surface area contributed by atoms with Gasteiger partial charge in [-0.05, 0) is 44.6 Å². The van der Waals surface area contributed by atoms with Crippen molar-refractivity contribution in [2.45, 2.75) is 57.6 Å². The van der Waals surface area contributed by atoms with Crippen LogP contribution in [0.5, 0.6) is 0 Å². The maximum absolute atomic E-state index is 6.25. The van der Waals surface area contributed by atoms with Crippen LogP contribution in [0.1, 0.15) is 56.5 Å². The van der Waals surface area contributed by atoms with Crippen LogP contribution >= 0.6 is 0 Å². The van der Waals surface area contributed by atoms with Gasteiger partial charge in [-0.3, -0.25) is 4.68 Å². The fourth-order valence-corrected chi connectivity index (χ4v) is 2.65. The molecule has 1 aliphatic heterocycles. The monoisotopic (exact) mass is 251 g/mol. The van der Waals surface area contributed by atoms with Gasteiger partial charge in [0.25, 0.3) is 0 Å². The van der Waals surface area contributed by atoms with E-state index in [0.29, 0.717) is 6.10 Å². The zero-order chi connectivity index (χ0) is 13.0. The summed E-state index contributed by atoms with van der Waals surface area (Å²) < 4.78 is 7.55. The first-order valence-corrected chi connectivity index (χ1v) is 7.10. The molecule has 1 fully saturated rings. The van der Waals surface area contributed by atoms with Gasteiger partial charge in [0.15, 0.2) is 0 Å². The Bertz CT molecular complexity index is 369. The van der Waals surface area contributed by atoms with Crippen LogP contribution in [-0.2, 0) is 18.2 Å². The van der Waals surface area contributed by atoms with Crippen molar-refractivity contribution in [3.63, 3.8) is 0 Å². The molecule has 2 atom stereocenters. The zero-order valence-electron chi connectivity index (χ0n) is 11.6. The second-order valence-corrected chi connectivity index (χ2v) is 5.21. The van der Waals surface area contributed by atoms with E-state index < -0.39 is 0 Å². The van der Waals surface area contributed by atoms with E-state index in [1.54, 1.807) is 0 Å². The number of aryl methyl sites for hydroxylation is 2. The third-order valence-electron chi connectivity index (χ3n) is 3.77. The molecule has 2 N–H and O–H groups in total. The molecule has 1 saturated heterocycles. The van der Waals surface area contributed by atoms with Crippen LogP contribution in [0.25, 0.3) is 0 Å². The summed E-state index contributed by atoms with van der Waals surface area (Å²) in [6.07, 6.45) is 7.19. The van der Waals surface area contributed by atoms with E-state index in [1.807, 2.05) is 11.7 Å². The minimum Gasteiger partial charge on any atom is -0.378 e. The highest BCUT2D eigenvalue weighted by atomic mass is 16.5. The third kappa shape index (κ3) is 3.33. The molecule has 0 bridgehead atoms. The number of nitrogens with zero attached hydrogens (tertiary/aromatic N) is 2. The molecule has 0 amide bonds. The molecule has 4 nitrogen and oxygen atoms in total. The van der Waals surface area contributed by atoms with Gasteiger partial charge in [0, 0.05) is 19.7 Å². The van der Waals surface area contributed by atoms with Crippen LogP contribution in [0.4, 0.5) is 0 Å². The standard InChI is InChI=1S/C14H25N3O/c1-3-11-10-14(17(2)16-11)13(15)8-4-6-12-7-5-9-18-12/h10,12-13H,3-9,15H2,1-2H3. The van der Waals surface area contributed by atoms with E-state index in [4.69, 9.17) is 10.5 Å². The van der Waals surface area contributed by atoms with Crippen molar-refractivity contribution < 1.29 is 4.74 Å². The summed E-state index contributed by atoms with van der Waals surface area (Å²) in [5, 5.41) is 4.45. The fraction of sp³-hybridized carbons (Fsp3) is 0.786. The first-order valence-electron chi connectivity index (χ1n) is 7.10. The van der Waals surface area contributed by atoms with Crippen molar-refractivity contribution in [3.05, 3.63) is 17.5 Å². The van der Waals surface area contributed by atoms with Crippen molar-refractivity contribution in [1.82, 2.24) is 9.78 Å². The maximum Gasteiger partial charge on any atom is 0.0625 e. The molecule has 1 aliphatic rings. The maximum atomic E-state index is 6.25. The van der Waals surface area contributed by atoms with Crippen LogP contribution < -0.4 is 5.73 Å². The van der Waals surface area contributed by atoms with E-state index in [9.17, 15) is 0 Å². The Labute approximate surface area is 110 Å². The highest BCUT2D eigenvalue weighted by Crippen LogP contribution is 2.22. The van der Waals surface area contributed by atoms with Crippen LogP contribution in [0, 0.1) is 0 Å². The lowest BCUT2D eigenvalue weighted by Gasteiger charge is -2.13. The lowest BCUT2D eigenvalue weighted by molar-refractivity contribution is 0.101. The molecule has 102 valence electrons. The first kappa shape index (κ1) is 13.6. The molecule has 0 aliphatic carbocycles. The normalized spacial score (nSPS) is 21.4. The van der Waals surface area contributed by atoms with Crippen LogP contribution in [0.2, 0.25) is 0 Å². The highest BCUT2D eigenvalue weighted by Gasteiger charge is 2.17. The zero-order valence-corrected chi connectivity index (χ0v) is 11.6. The molecular weight excluding hydrogens is 226 g/mol. The summed E-state index contributed by atoms with van der Waals surface area (Å²) in [5.41, 5.74) is 8.53. The predicted octanol–water partition coefficient (Wildman–Crippen LogP) is 2.33. The van der Waals surface area contributed by atoms with Crippen molar-refractivity contribution in [1.29, 1.82) is 0 Å². The largest absolute Gasteiger partial charge is 0.378 e. The average molecular weight is 251 g/mol. The predicted molar refractivity (Wildman–Crippen MR) is 72.3 cm³/mol. The summed E-state index contributed by atoms with van der Waals surface area (Å²) in [7, 11) is 1.98. The van der Waals surface area contributed by atoms with Crippen LogP contribution in [0.15, 0.2) is 6.07 Å². The second kappa shape index (κ2) is 6.34. The fourth-order valence-electron chi connectivity index (χ4n) is 2.65. The summed E-state index contributed by atoms with van der Waals surface area (Å²) in [4.78, 5) is 0. The summed E-state index contributed by atoms with van der Waals surface area (Å²) in [6.45, 7) is 3.06. The van der Waals surface area contributed by atoms with Crippen LogP contribution in [0.3, 0.4) is 0 Å². The molecule has 2 rings (SSSR count). The van der Waals surface area contributed by atoms with E-state index in [0.717, 1.165) is 43.7 Å². The lowest BCUT2D eigenvalue weighted by Crippen LogP contribution is -2.15. The molecule has 2 heterocycles. The number of ether oxygens (including phenoxy) is 1. The average Bonchev–Trinajstić information content (AvgIpc) is 2.98. The van der Waals surface area contributed by atoms with E-state index in [-0.39, 0.29) is 6.04 Å². The van der Waals surface area contributed by atoms with E-state index >= 15 is 0 Å². The molecule has 2 unspecified atom stereocenters. The summed E-state index contributed by atoms with van der Waals surface area (Å²) in [5.74, 6) is 0. The third-order valence-corrected chi connectivity index (χ3v) is 3.77. The molecule has 0 spiro atoms. The van der Waals surface area contributed by atoms with Gasteiger partial charge in [-0.25, -0.2) is 0 Å². The second-order valence-electron chi connectivity index (χ2n) is 5.21. The Morgan fingerprint density at radius 1 is 1.61 bits per heavy atom. The Morgan fingerprint density at radius 3 is 3.06 bits per heavy atom. The summed E-state index contributed by atoms with van der Waals surface area (Å²) >= 11 is 0. The van der Waals surface area contributed by atoms with E-state index in [1.165, 1.54) is 12.8 Å². The minimum atomic E-state index is 0.101. The van der Waals surface area contributed by atoms with Crippen molar-refractivity contribution in [2.75, 3.05) is 6.61 Å². The first-order chi connectivity index (χ1) is 8.70. The Kier molecular flexibility index (Phi) is 4.78. The SMILES string of the molecule is CCc1cc(C(N)CCCC2CCCO2)n(C)n1. The van der Waals surface area contributed by atoms with Gasteiger partial charge < -0.3 is 10.5 Å². The number of aromatic nitrogens is 2. The molecule has 0 saturated carbocycles. The van der Waals surface area contributed by atoms with Gasteiger partial charge in [-0.2, -0.15) is 5.10 Å². The Hall–Kier alpha value is -0.870. The van der Waals surface area contributed by atoms with Crippen molar-refractivity contribution in [2.24, 2.45) is 12.8 Å². The van der Waals surface area contributed by atoms with Gasteiger partial charge in [-0.15, -0.1) is 0 Å². The smallest absolute Gasteiger partial charge is 0.0625 e. The molecule has 1 aromatic heterocycles. The number of hydrogen-bond donors (Lipinski definition) is 1. The van der Waals surface area contributed by atoms with Gasteiger partial charge in [-0.1, -0.05) is 6.92 Å². The van der Waals surface area contributed by atoms with Crippen LogP contribution in [-0.4, -0.2) is 22.5 Å². The number of rotatable bonds is 6. The van der Waals surface area contributed by atoms with Crippen molar-refractivity contribution >= 4 is 0 Å². The van der Waals surface area contributed by atoms with Gasteiger partial charge in [0.1, 0.15) is 0 Å². The molecular formula is C14H25N3O. The van der Waals surface area contributed by atoms with Gasteiger partial charge >= 0.3 is 0 Å². The number of nitrogens with two attached hydrogens (primary N) is 1. The molecule has 1 aromatic rings. The molecule has 0 radical (unpaired) electrons. The molecule has 4 heteroatoms. The quantitative estimate of drug-likeness (QED) is 0.844. The van der Waals surface area contributed by atoms with Gasteiger partial charge in [0.2, 0.25) is 0 Å². The summed E-state index contributed by atoms with van der Waals surface area (Å²) in [6, 6.07) is 2.24. The van der Waals surface area contributed by atoms with Gasteiger partial charge in [0.05, 0.1) is 17.5 Å². The van der Waals surface area contributed by atoms with E-state index in [2.05, 4.69) is 18.1 Å².